The number of benzene rings is 2. The zero-order valence-corrected chi connectivity index (χ0v) is 19.7. The summed E-state index contributed by atoms with van der Waals surface area (Å²) in [6.07, 6.45) is 3.69. The summed E-state index contributed by atoms with van der Waals surface area (Å²) in [6, 6.07) is 19.8. The van der Waals surface area contributed by atoms with Crippen molar-refractivity contribution in [3.63, 3.8) is 0 Å². The largest absolute Gasteiger partial charge is 0.465 e. The number of carbonyl (C=O) groups is 1. The summed E-state index contributed by atoms with van der Waals surface area (Å²) in [6.45, 7) is 7.25. The molecule has 1 atom stereocenters. The molecule has 0 radical (unpaired) electrons. The molecule has 2 aromatic carbocycles. The maximum atomic E-state index is 12.5. The minimum Gasteiger partial charge on any atom is -0.465 e. The third-order valence-electron chi connectivity index (χ3n) is 6.44. The molecule has 6 nitrogen and oxygen atoms in total. The lowest BCUT2D eigenvalue weighted by Gasteiger charge is -2.38. The fourth-order valence-corrected chi connectivity index (χ4v) is 4.39. The van der Waals surface area contributed by atoms with Gasteiger partial charge in [0.1, 0.15) is 5.82 Å². The fraction of sp³-hybridized carbons (Fsp3) is 0.407. The van der Waals surface area contributed by atoms with Crippen molar-refractivity contribution >= 4 is 6.09 Å². The summed E-state index contributed by atoms with van der Waals surface area (Å²) in [5, 5.41) is 10.2. The Morgan fingerprint density at radius 2 is 1.73 bits per heavy atom. The summed E-state index contributed by atoms with van der Waals surface area (Å²) in [4.78, 5) is 19.1. The predicted molar refractivity (Wildman–Crippen MR) is 131 cm³/mol. The maximum absolute atomic E-state index is 12.5. The van der Waals surface area contributed by atoms with Crippen LogP contribution in [0.2, 0.25) is 0 Å². The Morgan fingerprint density at radius 3 is 2.27 bits per heavy atom. The Labute approximate surface area is 196 Å². The number of rotatable bonds is 8. The van der Waals surface area contributed by atoms with E-state index in [1.165, 1.54) is 0 Å². The van der Waals surface area contributed by atoms with Crippen LogP contribution in [0.1, 0.15) is 57.5 Å². The molecule has 1 aromatic heterocycles. The third kappa shape index (κ3) is 5.45. The van der Waals surface area contributed by atoms with Gasteiger partial charge < -0.3 is 15.4 Å². The van der Waals surface area contributed by atoms with Gasteiger partial charge in [0.15, 0.2) is 0 Å². The molecule has 1 fully saturated rings. The van der Waals surface area contributed by atoms with Gasteiger partial charge in [0.25, 0.3) is 0 Å². The van der Waals surface area contributed by atoms with Gasteiger partial charge in [0.2, 0.25) is 0 Å². The number of aromatic nitrogens is 2. The standard InChI is InChI=1S/C27H34N4O2/c1-26(2,3)23(31(25(32)33)17-16-27(28)14-15-27)24-29-22(21-12-8-5-9-13-21)19-30(24)18-20-10-6-4-7-11-20/h4-13,19,23H,14-18,28H2,1-3H3,(H,32,33)/t23-/m0/s1. The van der Waals surface area contributed by atoms with Crippen molar-refractivity contribution in [2.45, 2.75) is 58.2 Å². The number of imidazole rings is 1. The van der Waals surface area contributed by atoms with Crippen LogP contribution >= 0.6 is 0 Å². The first-order valence-corrected chi connectivity index (χ1v) is 11.6. The molecular formula is C27H34N4O2. The Hall–Kier alpha value is -3.12. The Balaban J connectivity index is 1.78. The second-order valence-corrected chi connectivity index (χ2v) is 10.3. The van der Waals surface area contributed by atoms with E-state index in [1.807, 2.05) is 54.7 Å². The maximum Gasteiger partial charge on any atom is 0.407 e. The minimum absolute atomic E-state index is 0.217. The van der Waals surface area contributed by atoms with Gasteiger partial charge in [0, 0.05) is 30.4 Å². The number of nitrogens with two attached hydrogens (primary N) is 1. The normalized spacial score (nSPS) is 15.8. The van der Waals surface area contributed by atoms with Gasteiger partial charge in [-0.15, -0.1) is 0 Å². The number of amides is 1. The van der Waals surface area contributed by atoms with Gasteiger partial charge in [-0.25, -0.2) is 9.78 Å². The van der Waals surface area contributed by atoms with E-state index in [2.05, 4.69) is 37.5 Å². The summed E-state index contributed by atoms with van der Waals surface area (Å²) in [5.74, 6) is 0.759. The van der Waals surface area contributed by atoms with E-state index in [1.54, 1.807) is 4.90 Å². The zero-order valence-electron chi connectivity index (χ0n) is 19.7. The molecule has 3 aromatic rings. The lowest BCUT2D eigenvalue weighted by molar-refractivity contribution is 0.0734. The molecule has 1 heterocycles. The van der Waals surface area contributed by atoms with E-state index in [4.69, 9.17) is 10.7 Å². The molecule has 0 saturated heterocycles. The first kappa shape index (κ1) is 23.1. The number of hydrogen-bond donors (Lipinski definition) is 2. The molecule has 0 bridgehead atoms. The van der Waals surface area contributed by atoms with Crippen molar-refractivity contribution in [2.75, 3.05) is 6.54 Å². The molecule has 174 valence electrons. The van der Waals surface area contributed by atoms with Crippen molar-refractivity contribution in [2.24, 2.45) is 11.1 Å². The average Bonchev–Trinajstić information content (AvgIpc) is 3.38. The molecule has 0 unspecified atom stereocenters. The van der Waals surface area contributed by atoms with E-state index in [9.17, 15) is 9.90 Å². The Kier molecular flexibility index (Phi) is 6.30. The smallest absolute Gasteiger partial charge is 0.407 e. The van der Waals surface area contributed by atoms with Gasteiger partial charge in [-0.3, -0.25) is 4.90 Å². The SMILES string of the molecule is CC(C)(C)[C@H](c1nc(-c2ccccc2)cn1Cc1ccccc1)N(CCC1(N)CC1)C(=O)O. The molecule has 1 saturated carbocycles. The first-order chi connectivity index (χ1) is 15.7. The van der Waals surface area contributed by atoms with E-state index >= 15 is 0 Å². The monoisotopic (exact) mass is 446 g/mol. The van der Waals surface area contributed by atoms with Crippen molar-refractivity contribution in [1.82, 2.24) is 14.5 Å². The lowest BCUT2D eigenvalue weighted by atomic mass is 9.84. The lowest BCUT2D eigenvalue weighted by Crippen LogP contribution is -2.44. The van der Waals surface area contributed by atoms with Crippen LogP contribution in [0.15, 0.2) is 66.9 Å². The van der Waals surface area contributed by atoms with Crippen LogP contribution < -0.4 is 5.73 Å². The number of nitrogens with zero attached hydrogens (tertiary/aromatic N) is 3. The molecule has 1 aliphatic rings. The molecule has 1 amide bonds. The van der Waals surface area contributed by atoms with Gasteiger partial charge in [-0.2, -0.15) is 0 Å². The van der Waals surface area contributed by atoms with Gasteiger partial charge in [-0.05, 0) is 30.2 Å². The van der Waals surface area contributed by atoms with Crippen LogP contribution in [-0.4, -0.2) is 37.7 Å². The van der Waals surface area contributed by atoms with Crippen molar-refractivity contribution in [1.29, 1.82) is 0 Å². The highest BCUT2D eigenvalue weighted by Crippen LogP contribution is 2.41. The molecule has 1 aliphatic carbocycles. The Morgan fingerprint density at radius 1 is 1.12 bits per heavy atom. The molecule has 3 N–H and O–H groups in total. The van der Waals surface area contributed by atoms with Crippen LogP contribution in [0.4, 0.5) is 4.79 Å². The van der Waals surface area contributed by atoms with Crippen molar-refractivity contribution < 1.29 is 9.90 Å². The van der Waals surface area contributed by atoms with Gasteiger partial charge in [-0.1, -0.05) is 81.4 Å². The second-order valence-electron chi connectivity index (χ2n) is 10.3. The van der Waals surface area contributed by atoms with Crippen LogP contribution in [0.25, 0.3) is 11.3 Å². The number of carboxylic acid groups (broad SMARTS) is 1. The van der Waals surface area contributed by atoms with Crippen molar-refractivity contribution in [3.8, 4) is 11.3 Å². The quantitative estimate of drug-likeness (QED) is 0.475. The van der Waals surface area contributed by atoms with Crippen LogP contribution in [0.3, 0.4) is 0 Å². The van der Waals surface area contributed by atoms with Gasteiger partial charge in [0.05, 0.1) is 11.7 Å². The number of hydrogen-bond acceptors (Lipinski definition) is 3. The molecule has 0 spiro atoms. The molecule has 4 rings (SSSR count). The average molecular weight is 447 g/mol. The predicted octanol–water partition coefficient (Wildman–Crippen LogP) is 5.55. The van der Waals surface area contributed by atoms with Gasteiger partial charge >= 0.3 is 6.09 Å². The molecule has 0 aliphatic heterocycles. The highest BCUT2D eigenvalue weighted by Gasteiger charge is 2.42. The van der Waals surface area contributed by atoms with Crippen molar-refractivity contribution in [3.05, 3.63) is 78.2 Å². The molecular weight excluding hydrogens is 412 g/mol. The summed E-state index contributed by atoms with van der Waals surface area (Å²) in [7, 11) is 0. The molecule has 6 heteroatoms. The van der Waals surface area contributed by atoms with Crippen LogP contribution in [-0.2, 0) is 6.54 Å². The summed E-state index contributed by atoms with van der Waals surface area (Å²) in [5.41, 5.74) is 8.74. The minimum atomic E-state index is -0.935. The highest BCUT2D eigenvalue weighted by molar-refractivity contribution is 5.66. The topological polar surface area (TPSA) is 84.4 Å². The van der Waals surface area contributed by atoms with E-state index in [0.29, 0.717) is 19.5 Å². The fourth-order valence-electron chi connectivity index (χ4n) is 4.39. The van der Waals surface area contributed by atoms with E-state index < -0.39 is 12.1 Å². The van der Waals surface area contributed by atoms with Crippen LogP contribution in [0.5, 0.6) is 0 Å². The summed E-state index contributed by atoms with van der Waals surface area (Å²) >= 11 is 0. The second kappa shape index (κ2) is 9.02. The zero-order chi connectivity index (χ0) is 23.6. The summed E-state index contributed by atoms with van der Waals surface area (Å²) < 4.78 is 2.11. The van der Waals surface area contributed by atoms with E-state index in [0.717, 1.165) is 35.5 Å². The highest BCUT2D eigenvalue weighted by atomic mass is 16.4. The molecule has 33 heavy (non-hydrogen) atoms. The first-order valence-electron chi connectivity index (χ1n) is 11.6. The Bertz CT molecular complexity index is 1080. The van der Waals surface area contributed by atoms with E-state index in [-0.39, 0.29) is 11.0 Å². The van der Waals surface area contributed by atoms with Crippen LogP contribution in [0, 0.1) is 5.41 Å². The third-order valence-corrected chi connectivity index (χ3v) is 6.44.